The standard InChI is InChI=1S/C16H16N2O2S/c1-10-5-3-4-6-13(10)17-16(21)18-14-9-12(15(19)20)8-7-11(14)2/h3-9H,1-2H3,(H,19,20)(H2,17,18,21). The maximum absolute atomic E-state index is 11.0. The lowest BCUT2D eigenvalue weighted by molar-refractivity contribution is 0.0697. The first-order chi connectivity index (χ1) is 9.97. The SMILES string of the molecule is Cc1ccccc1NC(=S)Nc1cc(C(=O)O)ccc1C. The molecule has 2 aromatic carbocycles. The Balaban J connectivity index is 2.15. The Labute approximate surface area is 128 Å². The van der Waals surface area contributed by atoms with E-state index in [4.69, 9.17) is 17.3 Å². The highest BCUT2D eigenvalue weighted by atomic mass is 32.1. The van der Waals surface area contributed by atoms with Gasteiger partial charge in [0.1, 0.15) is 0 Å². The number of carboxylic acids is 1. The zero-order chi connectivity index (χ0) is 15.4. The molecule has 21 heavy (non-hydrogen) atoms. The van der Waals surface area contributed by atoms with E-state index < -0.39 is 5.97 Å². The number of rotatable bonds is 3. The van der Waals surface area contributed by atoms with Gasteiger partial charge >= 0.3 is 5.97 Å². The summed E-state index contributed by atoms with van der Waals surface area (Å²) in [6, 6.07) is 12.7. The first-order valence-electron chi connectivity index (χ1n) is 6.45. The third-order valence-corrected chi connectivity index (χ3v) is 3.33. The van der Waals surface area contributed by atoms with Crippen molar-refractivity contribution >= 4 is 34.7 Å². The predicted molar refractivity (Wildman–Crippen MR) is 89.2 cm³/mol. The van der Waals surface area contributed by atoms with Crippen LogP contribution in [0.3, 0.4) is 0 Å². The Kier molecular flexibility index (Phi) is 4.55. The van der Waals surface area contributed by atoms with Gasteiger partial charge in [0.15, 0.2) is 5.11 Å². The van der Waals surface area contributed by atoms with Crippen LogP contribution in [0.25, 0.3) is 0 Å². The van der Waals surface area contributed by atoms with Crippen LogP contribution < -0.4 is 10.6 Å². The average molecular weight is 300 g/mol. The summed E-state index contributed by atoms with van der Waals surface area (Å²) in [6.07, 6.45) is 0. The summed E-state index contributed by atoms with van der Waals surface area (Å²) in [5.41, 5.74) is 3.83. The molecule has 0 fully saturated rings. The summed E-state index contributed by atoms with van der Waals surface area (Å²) in [5.74, 6) is -0.962. The molecule has 0 saturated heterocycles. The molecule has 0 aromatic heterocycles. The van der Waals surface area contributed by atoms with Crippen molar-refractivity contribution in [2.24, 2.45) is 0 Å². The number of nitrogens with one attached hydrogen (secondary N) is 2. The van der Waals surface area contributed by atoms with Crippen LogP contribution in [0.2, 0.25) is 0 Å². The minimum atomic E-state index is -0.962. The molecule has 0 aliphatic rings. The average Bonchev–Trinajstić information content (AvgIpc) is 2.43. The number of anilines is 2. The molecule has 0 spiro atoms. The number of carboxylic acid groups (broad SMARTS) is 1. The van der Waals surface area contributed by atoms with Crippen molar-refractivity contribution in [3.05, 3.63) is 59.2 Å². The molecule has 3 N–H and O–H groups in total. The third kappa shape index (κ3) is 3.79. The van der Waals surface area contributed by atoms with Crippen molar-refractivity contribution in [2.75, 3.05) is 10.6 Å². The lowest BCUT2D eigenvalue weighted by Gasteiger charge is -2.14. The fourth-order valence-electron chi connectivity index (χ4n) is 1.88. The molecule has 0 atom stereocenters. The van der Waals surface area contributed by atoms with Gasteiger partial charge in [-0.25, -0.2) is 4.79 Å². The smallest absolute Gasteiger partial charge is 0.335 e. The molecular formula is C16H16N2O2S. The van der Waals surface area contributed by atoms with Crippen LogP contribution in [0.1, 0.15) is 21.5 Å². The first-order valence-corrected chi connectivity index (χ1v) is 6.86. The molecule has 0 radical (unpaired) electrons. The molecule has 0 unspecified atom stereocenters. The molecule has 4 nitrogen and oxygen atoms in total. The highest BCUT2D eigenvalue weighted by molar-refractivity contribution is 7.80. The molecule has 0 amide bonds. The first kappa shape index (κ1) is 15.0. The topological polar surface area (TPSA) is 61.4 Å². The molecule has 0 heterocycles. The number of hydrogen-bond donors (Lipinski definition) is 3. The van der Waals surface area contributed by atoms with E-state index in [9.17, 15) is 4.79 Å². The van der Waals surface area contributed by atoms with Gasteiger partial charge in [0, 0.05) is 11.4 Å². The molecule has 0 aliphatic heterocycles. The third-order valence-electron chi connectivity index (χ3n) is 3.13. The summed E-state index contributed by atoms with van der Waals surface area (Å²) >= 11 is 5.28. The van der Waals surface area contributed by atoms with Gasteiger partial charge in [0.05, 0.1) is 5.56 Å². The van der Waals surface area contributed by atoms with Gasteiger partial charge in [-0.3, -0.25) is 0 Å². The Morgan fingerprint density at radius 2 is 1.62 bits per heavy atom. The lowest BCUT2D eigenvalue weighted by Crippen LogP contribution is -2.20. The van der Waals surface area contributed by atoms with E-state index in [2.05, 4.69) is 10.6 Å². The Hall–Kier alpha value is -2.40. The van der Waals surface area contributed by atoms with E-state index >= 15 is 0 Å². The minimum Gasteiger partial charge on any atom is -0.478 e. The summed E-state index contributed by atoms with van der Waals surface area (Å²) in [7, 11) is 0. The molecule has 0 aliphatic carbocycles. The van der Waals surface area contributed by atoms with Gasteiger partial charge in [-0.1, -0.05) is 24.3 Å². The number of thiocarbonyl (C=S) groups is 1. The second kappa shape index (κ2) is 6.37. The summed E-state index contributed by atoms with van der Waals surface area (Å²) in [5, 5.41) is 15.6. The number of para-hydroxylation sites is 1. The van der Waals surface area contributed by atoms with E-state index in [1.807, 2.05) is 38.1 Å². The second-order valence-corrected chi connectivity index (χ2v) is 5.14. The van der Waals surface area contributed by atoms with Gasteiger partial charge < -0.3 is 15.7 Å². The zero-order valence-electron chi connectivity index (χ0n) is 11.8. The molecule has 5 heteroatoms. The van der Waals surface area contributed by atoms with E-state index in [1.54, 1.807) is 18.2 Å². The van der Waals surface area contributed by atoms with Gasteiger partial charge in [-0.05, 0) is 55.4 Å². The zero-order valence-corrected chi connectivity index (χ0v) is 12.6. The highest BCUT2D eigenvalue weighted by Gasteiger charge is 2.08. The normalized spacial score (nSPS) is 10.0. The van der Waals surface area contributed by atoms with Crippen LogP contribution in [0.5, 0.6) is 0 Å². The van der Waals surface area contributed by atoms with E-state index in [1.165, 1.54) is 0 Å². The Morgan fingerprint density at radius 1 is 1.00 bits per heavy atom. The predicted octanol–water partition coefficient (Wildman–Crippen LogP) is 3.81. The molecule has 0 saturated carbocycles. The van der Waals surface area contributed by atoms with Crippen LogP contribution in [-0.2, 0) is 0 Å². The highest BCUT2D eigenvalue weighted by Crippen LogP contribution is 2.18. The van der Waals surface area contributed by atoms with Crippen molar-refractivity contribution < 1.29 is 9.90 Å². The largest absolute Gasteiger partial charge is 0.478 e. The molecule has 0 bridgehead atoms. The molecule has 2 rings (SSSR count). The number of hydrogen-bond acceptors (Lipinski definition) is 2. The Morgan fingerprint density at radius 3 is 2.29 bits per heavy atom. The lowest BCUT2D eigenvalue weighted by atomic mass is 10.1. The monoisotopic (exact) mass is 300 g/mol. The second-order valence-electron chi connectivity index (χ2n) is 4.73. The van der Waals surface area contributed by atoms with Crippen LogP contribution in [-0.4, -0.2) is 16.2 Å². The number of aromatic carboxylic acids is 1. The maximum Gasteiger partial charge on any atom is 0.335 e. The van der Waals surface area contributed by atoms with E-state index in [-0.39, 0.29) is 5.56 Å². The fraction of sp³-hybridized carbons (Fsp3) is 0.125. The Bertz CT molecular complexity index is 698. The summed E-state index contributed by atoms with van der Waals surface area (Å²) < 4.78 is 0. The molecule has 108 valence electrons. The number of benzene rings is 2. The van der Waals surface area contributed by atoms with E-state index in [0.717, 1.165) is 16.8 Å². The molecule has 2 aromatic rings. The summed E-state index contributed by atoms with van der Waals surface area (Å²) in [4.78, 5) is 11.0. The quantitative estimate of drug-likeness (QED) is 0.752. The number of carbonyl (C=O) groups is 1. The van der Waals surface area contributed by atoms with Gasteiger partial charge in [-0.2, -0.15) is 0 Å². The van der Waals surface area contributed by atoms with Crippen molar-refractivity contribution in [3.8, 4) is 0 Å². The fourth-order valence-corrected chi connectivity index (χ4v) is 2.10. The van der Waals surface area contributed by atoms with Gasteiger partial charge in [-0.15, -0.1) is 0 Å². The van der Waals surface area contributed by atoms with Crippen molar-refractivity contribution in [1.82, 2.24) is 0 Å². The van der Waals surface area contributed by atoms with E-state index in [0.29, 0.717) is 10.8 Å². The minimum absolute atomic E-state index is 0.224. The van der Waals surface area contributed by atoms with Crippen LogP contribution in [0, 0.1) is 13.8 Å². The van der Waals surface area contributed by atoms with Crippen molar-refractivity contribution in [1.29, 1.82) is 0 Å². The van der Waals surface area contributed by atoms with Crippen molar-refractivity contribution in [2.45, 2.75) is 13.8 Å². The van der Waals surface area contributed by atoms with Crippen LogP contribution >= 0.6 is 12.2 Å². The maximum atomic E-state index is 11.0. The molecular weight excluding hydrogens is 284 g/mol. The van der Waals surface area contributed by atoms with Crippen LogP contribution in [0.15, 0.2) is 42.5 Å². The van der Waals surface area contributed by atoms with Crippen LogP contribution in [0.4, 0.5) is 11.4 Å². The van der Waals surface area contributed by atoms with Gasteiger partial charge in [0.2, 0.25) is 0 Å². The number of aryl methyl sites for hydroxylation is 2. The summed E-state index contributed by atoms with van der Waals surface area (Å²) in [6.45, 7) is 3.88. The van der Waals surface area contributed by atoms with Crippen molar-refractivity contribution in [3.63, 3.8) is 0 Å². The van der Waals surface area contributed by atoms with Gasteiger partial charge in [0.25, 0.3) is 0 Å².